The molecule has 1 aromatic heterocycles. The van der Waals surface area contributed by atoms with Crippen LogP contribution in [0, 0.1) is 0 Å². The van der Waals surface area contributed by atoms with Gasteiger partial charge < -0.3 is 5.32 Å². The monoisotopic (exact) mass is 281 g/mol. The maximum absolute atomic E-state index is 4.82. The maximum atomic E-state index is 4.82. The Morgan fingerprint density at radius 2 is 2.00 bits per heavy atom. The topological polar surface area (TPSA) is 28.2 Å². The summed E-state index contributed by atoms with van der Waals surface area (Å²) in [7, 11) is 0. The Labute approximate surface area is 126 Å². The van der Waals surface area contributed by atoms with Gasteiger partial charge in [-0.05, 0) is 44.4 Å². The van der Waals surface area contributed by atoms with E-state index in [9.17, 15) is 0 Å². The Bertz CT molecular complexity index is 621. The lowest BCUT2D eigenvalue weighted by molar-refractivity contribution is 0.236. The summed E-state index contributed by atoms with van der Waals surface area (Å²) >= 11 is 0. The smallest absolute Gasteiger partial charge is 0.0705 e. The van der Waals surface area contributed by atoms with Gasteiger partial charge in [-0.15, -0.1) is 0 Å². The first-order valence-corrected chi connectivity index (χ1v) is 8.20. The number of pyridine rings is 1. The Kier molecular flexibility index (Phi) is 3.62. The average molecular weight is 281 g/mol. The molecule has 1 aliphatic heterocycles. The van der Waals surface area contributed by atoms with E-state index in [2.05, 4.69) is 46.6 Å². The minimum atomic E-state index is 0.693. The number of para-hydroxylation sites is 1. The van der Waals surface area contributed by atoms with Gasteiger partial charge in [-0.3, -0.25) is 9.88 Å². The van der Waals surface area contributed by atoms with Gasteiger partial charge in [0.05, 0.1) is 11.2 Å². The third-order valence-corrected chi connectivity index (χ3v) is 4.74. The second-order valence-corrected chi connectivity index (χ2v) is 6.44. The summed E-state index contributed by atoms with van der Waals surface area (Å²) in [4.78, 5) is 7.42. The first kappa shape index (κ1) is 13.2. The number of aromatic nitrogens is 1. The molecule has 1 N–H and O–H groups in total. The summed E-state index contributed by atoms with van der Waals surface area (Å²) in [6.45, 7) is 3.35. The predicted molar refractivity (Wildman–Crippen MR) is 86.2 cm³/mol. The van der Waals surface area contributed by atoms with Crippen LogP contribution >= 0.6 is 0 Å². The highest BCUT2D eigenvalue weighted by Crippen LogP contribution is 2.23. The van der Waals surface area contributed by atoms with Crippen molar-refractivity contribution < 1.29 is 0 Å². The van der Waals surface area contributed by atoms with Gasteiger partial charge in [0.25, 0.3) is 0 Å². The zero-order chi connectivity index (χ0) is 14.1. The quantitative estimate of drug-likeness (QED) is 0.913. The number of likely N-dealkylation sites (tertiary alicyclic amines) is 1. The van der Waals surface area contributed by atoms with Crippen LogP contribution in [0.3, 0.4) is 0 Å². The van der Waals surface area contributed by atoms with Gasteiger partial charge in [-0.2, -0.15) is 0 Å². The van der Waals surface area contributed by atoms with Crippen molar-refractivity contribution in [2.45, 2.75) is 44.3 Å². The van der Waals surface area contributed by atoms with Gasteiger partial charge in [0, 0.05) is 30.6 Å². The van der Waals surface area contributed by atoms with E-state index < -0.39 is 0 Å². The van der Waals surface area contributed by atoms with Crippen LogP contribution in [0.15, 0.2) is 36.4 Å². The molecule has 3 heteroatoms. The lowest BCUT2D eigenvalue weighted by atomic mass is 10.2. The van der Waals surface area contributed by atoms with Crippen molar-refractivity contribution in [3.05, 3.63) is 42.1 Å². The fourth-order valence-corrected chi connectivity index (χ4v) is 3.33. The maximum Gasteiger partial charge on any atom is 0.0705 e. The summed E-state index contributed by atoms with van der Waals surface area (Å²) in [6.07, 6.45) is 5.40. The molecule has 1 aliphatic carbocycles. The number of hydrogen-bond acceptors (Lipinski definition) is 3. The number of hydrogen-bond donors (Lipinski definition) is 1. The third kappa shape index (κ3) is 3.09. The highest BCUT2D eigenvalue weighted by atomic mass is 15.2. The minimum Gasteiger partial charge on any atom is -0.312 e. The Hall–Kier alpha value is -1.45. The fourth-order valence-electron chi connectivity index (χ4n) is 3.33. The normalized spacial score (nSPS) is 23.0. The summed E-state index contributed by atoms with van der Waals surface area (Å²) in [5.74, 6) is 0. The minimum absolute atomic E-state index is 0.693. The van der Waals surface area contributed by atoms with E-state index in [0.29, 0.717) is 6.04 Å². The van der Waals surface area contributed by atoms with Crippen molar-refractivity contribution in [1.82, 2.24) is 15.2 Å². The van der Waals surface area contributed by atoms with E-state index in [1.807, 2.05) is 0 Å². The van der Waals surface area contributed by atoms with Crippen LogP contribution < -0.4 is 5.32 Å². The van der Waals surface area contributed by atoms with Crippen LogP contribution in [0.5, 0.6) is 0 Å². The van der Waals surface area contributed by atoms with E-state index in [0.717, 1.165) is 24.6 Å². The van der Waals surface area contributed by atoms with Crippen LogP contribution in [0.1, 0.15) is 31.4 Å². The molecule has 1 aromatic carbocycles. The van der Waals surface area contributed by atoms with Gasteiger partial charge >= 0.3 is 0 Å². The molecular weight excluding hydrogens is 258 g/mol. The molecule has 0 spiro atoms. The van der Waals surface area contributed by atoms with Crippen LogP contribution in [-0.2, 0) is 6.54 Å². The predicted octanol–water partition coefficient (Wildman–Crippen LogP) is 2.95. The average Bonchev–Trinajstić information content (AvgIpc) is 3.25. The van der Waals surface area contributed by atoms with Crippen LogP contribution in [0.2, 0.25) is 0 Å². The highest BCUT2D eigenvalue weighted by Gasteiger charge is 2.27. The standard InChI is InChI=1S/C18H23N3/c1-2-6-18-14(4-1)7-8-16(20-18)13-21-11-3-5-17(21)12-19-15-9-10-15/h1-2,4,6-8,15,17,19H,3,5,9-13H2. The molecule has 0 amide bonds. The lowest BCUT2D eigenvalue weighted by Gasteiger charge is -2.24. The van der Waals surface area contributed by atoms with Crippen LogP contribution in [0.25, 0.3) is 10.9 Å². The van der Waals surface area contributed by atoms with E-state index >= 15 is 0 Å². The van der Waals surface area contributed by atoms with E-state index in [4.69, 9.17) is 4.98 Å². The molecule has 0 bridgehead atoms. The molecule has 2 aromatic rings. The van der Waals surface area contributed by atoms with Gasteiger partial charge in [0.1, 0.15) is 0 Å². The van der Waals surface area contributed by atoms with Crippen LogP contribution in [-0.4, -0.2) is 35.1 Å². The van der Waals surface area contributed by atoms with E-state index in [1.165, 1.54) is 43.3 Å². The van der Waals surface area contributed by atoms with E-state index in [-0.39, 0.29) is 0 Å². The molecule has 2 heterocycles. The van der Waals surface area contributed by atoms with Crippen LogP contribution in [0.4, 0.5) is 0 Å². The molecule has 0 radical (unpaired) electrons. The van der Waals surface area contributed by atoms with Crippen molar-refractivity contribution in [1.29, 1.82) is 0 Å². The molecule has 1 saturated heterocycles. The zero-order valence-electron chi connectivity index (χ0n) is 12.5. The number of benzene rings is 1. The SMILES string of the molecule is c1ccc2nc(CN3CCCC3CNC3CC3)ccc2c1. The first-order valence-electron chi connectivity index (χ1n) is 8.20. The van der Waals surface area contributed by atoms with Gasteiger partial charge in [0.15, 0.2) is 0 Å². The van der Waals surface area contributed by atoms with Crippen molar-refractivity contribution in [2.75, 3.05) is 13.1 Å². The summed E-state index contributed by atoms with van der Waals surface area (Å²) in [5.41, 5.74) is 2.31. The van der Waals surface area contributed by atoms with Crippen molar-refractivity contribution in [3.63, 3.8) is 0 Å². The second-order valence-electron chi connectivity index (χ2n) is 6.44. The fraction of sp³-hybridized carbons (Fsp3) is 0.500. The van der Waals surface area contributed by atoms with Crippen molar-refractivity contribution >= 4 is 10.9 Å². The molecule has 3 nitrogen and oxygen atoms in total. The summed E-state index contributed by atoms with van der Waals surface area (Å²) in [6, 6.07) is 14.3. The largest absolute Gasteiger partial charge is 0.312 e. The molecule has 110 valence electrons. The Morgan fingerprint density at radius 3 is 2.90 bits per heavy atom. The third-order valence-electron chi connectivity index (χ3n) is 4.74. The molecule has 21 heavy (non-hydrogen) atoms. The molecule has 1 saturated carbocycles. The highest BCUT2D eigenvalue weighted by molar-refractivity contribution is 5.78. The molecule has 1 atom stereocenters. The number of nitrogens with zero attached hydrogens (tertiary/aromatic N) is 2. The first-order chi connectivity index (χ1) is 10.4. The Balaban J connectivity index is 1.44. The van der Waals surface area contributed by atoms with Crippen molar-refractivity contribution in [2.24, 2.45) is 0 Å². The van der Waals surface area contributed by atoms with Crippen molar-refractivity contribution in [3.8, 4) is 0 Å². The van der Waals surface area contributed by atoms with Gasteiger partial charge in [-0.1, -0.05) is 24.3 Å². The molecule has 1 unspecified atom stereocenters. The summed E-state index contributed by atoms with van der Waals surface area (Å²) < 4.78 is 0. The number of nitrogens with one attached hydrogen (secondary N) is 1. The molecule has 4 rings (SSSR count). The summed E-state index contributed by atoms with van der Waals surface area (Å²) in [5, 5.41) is 4.91. The zero-order valence-corrected chi connectivity index (χ0v) is 12.5. The molecular formula is C18H23N3. The number of rotatable bonds is 5. The van der Waals surface area contributed by atoms with Gasteiger partial charge in [0.2, 0.25) is 0 Å². The van der Waals surface area contributed by atoms with Gasteiger partial charge in [-0.25, -0.2) is 0 Å². The lowest BCUT2D eigenvalue weighted by Crippen LogP contribution is -2.38. The second kappa shape index (κ2) is 5.74. The number of fused-ring (bicyclic) bond motifs is 1. The molecule has 2 aliphatic rings. The van der Waals surface area contributed by atoms with E-state index in [1.54, 1.807) is 0 Å². The Morgan fingerprint density at radius 1 is 1.10 bits per heavy atom. The molecule has 2 fully saturated rings.